The Balaban J connectivity index is 2.37. The summed E-state index contributed by atoms with van der Waals surface area (Å²) in [6.07, 6.45) is 0.773. The Morgan fingerprint density at radius 2 is 1.88 bits per heavy atom. The summed E-state index contributed by atoms with van der Waals surface area (Å²) in [4.78, 5) is 10.9. The summed E-state index contributed by atoms with van der Waals surface area (Å²) in [5.41, 5.74) is 1.49. The average molecular weight is 247 g/mol. The standard InChI is InChI=1S/C14H11ClO2/c1-10-6-7-12(15)8-14(10)17-13-5-3-2-4-11(13)9-16/h2-9H,1H3. The lowest BCUT2D eigenvalue weighted by Gasteiger charge is -2.10. The SMILES string of the molecule is Cc1ccc(Cl)cc1Oc1ccccc1C=O. The Morgan fingerprint density at radius 1 is 1.12 bits per heavy atom. The summed E-state index contributed by atoms with van der Waals surface area (Å²) in [6.45, 7) is 1.93. The minimum Gasteiger partial charge on any atom is -0.456 e. The van der Waals surface area contributed by atoms with Crippen molar-refractivity contribution in [3.63, 3.8) is 0 Å². The van der Waals surface area contributed by atoms with Crippen molar-refractivity contribution in [2.45, 2.75) is 6.92 Å². The fourth-order valence-corrected chi connectivity index (χ4v) is 1.64. The maximum Gasteiger partial charge on any atom is 0.153 e. The van der Waals surface area contributed by atoms with E-state index in [-0.39, 0.29) is 0 Å². The molecule has 2 nitrogen and oxygen atoms in total. The molecular weight excluding hydrogens is 236 g/mol. The van der Waals surface area contributed by atoms with Crippen LogP contribution >= 0.6 is 11.6 Å². The predicted octanol–water partition coefficient (Wildman–Crippen LogP) is 4.25. The topological polar surface area (TPSA) is 26.3 Å². The Kier molecular flexibility index (Phi) is 3.45. The number of rotatable bonds is 3. The molecule has 0 spiro atoms. The molecule has 0 atom stereocenters. The molecule has 0 unspecified atom stereocenters. The van der Waals surface area contributed by atoms with Crippen LogP contribution < -0.4 is 4.74 Å². The highest BCUT2D eigenvalue weighted by Gasteiger charge is 2.06. The van der Waals surface area contributed by atoms with Crippen molar-refractivity contribution in [1.29, 1.82) is 0 Å². The van der Waals surface area contributed by atoms with Gasteiger partial charge in [-0.05, 0) is 36.8 Å². The van der Waals surface area contributed by atoms with Gasteiger partial charge in [-0.2, -0.15) is 0 Å². The van der Waals surface area contributed by atoms with Gasteiger partial charge in [0.05, 0.1) is 5.56 Å². The first-order valence-corrected chi connectivity index (χ1v) is 5.56. The molecule has 0 aromatic heterocycles. The molecule has 2 rings (SSSR count). The largest absolute Gasteiger partial charge is 0.456 e. The van der Waals surface area contributed by atoms with Crippen LogP contribution in [0.3, 0.4) is 0 Å². The molecule has 86 valence electrons. The van der Waals surface area contributed by atoms with Gasteiger partial charge in [0, 0.05) is 5.02 Å². The minimum absolute atomic E-state index is 0.520. The van der Waals surface area contributed by atoms with Gasteiger partial charge in [-0.25, -0.2) is 0 Å². The van der Waals surface area contributed by atoms with Gasteiger partial charge in [0.2, 0.25) is 0 Å². The fourth-order valence-electron chi connectivity index (χ4n) is 1.47. The van der Waals surface area contributed by atoms with Gasteiger partial charge in [0.15, 0.2) is 6.29 Å². The molecule has 3 heteroatoms. The average Bonchev–Trinajstić information content (AvgIpc) is 2.34. The Bertz CT molecular complexity index is 550. The lowest BCUT2D eigenvalue weighted by molar-refractivity contribution is 0.112. The van der Waals surface area contributed by atoms with Crippen LogP contribution in [-0.2, 0) is 0 Å². The molecule has 2 aromatic rings. The Labute approximate surface area is 105 Å². The number of halogens is 1. The van der Waals surface area contributed by atoms with Crippen molar-refractivity contribution in [2.75, 3.05) is 0 Å². The van der Waals surface area contributed by atoms with E-state index in [9.17, 15) is 4.79 Å². The highest BCUT2D eigenvalue weighted by molar-refractivity contribution is 6.30. The highest BCUT2D eigenvalue weighted by Crippen LogP contribution is 2.29. The van der Waals surface area contributed by atoms with Crippen LogP contribution in [0.25, 0.3) is 0 Å². The Morgan fingerprint density at radius 3 is 2.65 bits per heavy atom. The molecule has 0 bridgehead atoms. The van der Waals surface area contributed by atoms with Gasteiger partial charge in [0.25, 0.3) is 0 Å². The Hall–Kier alpha value is -1.80. The smallest absolute Gasteiger partial charge is 0.153 e. The first kappa shape index (κ1) is 11.7. The van der Waals surface area contributed by atoms with Gasteiger partial charge >= 0.3 is 0 Å². The summed E-state index contributed by atoms with van der Waals surface area (Å²) in [7, 11) is 0. The molecular formula is C14H11ClO2. The van der Waals surface area contributed by atoms with E-state index >= 15 is 0 Å². The van der Waals surface area contributed by atoms with E-state index in [0.29, 0.717) is 22.1 Å². The number of carbonyl (C=O) groups excluding carboxylic acids is 1. The number of hydrogen-bond acceptors (Lipinski definition) is 2. The molecule has 0 saturated carbocycles. The molecule has 2 aromatic carbocycles. The van der Waals surface area contributed by atoms with Crippen molar-refractivity contribution in [3.05, 3.63) is 58.6 Å². The van der Waals surface area contributed by atoms with Crippen LogP contribution in [0.2, 0.25) is 5.02 Å². The molecule has 0 aliphatic carbocycles. The van der Waals surface area contributed by atoms with Crippen molar-refractivity contribution in [3.8, 4) is 11.5 Å². The zero-order valence-electron chi connectivity index (χ0n) is 9.31. The normalized spacial score (nSPS) is 10.0. The molecule has 17 heavy (non-hydrogen) atoms. The zero-order valence-corrected chi connectivity index (χ0v) is 10.1. The summed E-state index contributed by atoms with van der Waals surface area (Å²) in [5.74, 6) is 1.19. The third-order valence-corrected chi connectivity index (χ3v) is 2.65. The van der Waals surface area contributed by atoms with Crippen LogP contribution in [0.15, 0.2) is 42.5 Å². The van der Waals surface area contributed by atoms with E-state index in [1.165, 1.54) is 0 Å². The maximum atomic E-state index is 10.9. The van der Waals surface area contributed by atoms with Gasteiger partial charge < -0.3 is 4.74 Å². The lowest BCUT2D eigenvalue weighted by Crippen LogP contribution is -1.91. The number of benzene rings is 2. The van der Waals surface area contributed by atoms with E-state index in [0.717, 1.165) is 11.8 Å². The number of ether oxygens (including phenoxy) is 1. The van der Waals surface area contributed by atoms with Crippen LogP contribution in [0, 0.1) is 6.92 Å². The van der Waals surface area contributed by atoms with Crippen LogP contribution in [0.4, 0.5) is 0 Å². The van der Waals surface area contributed by atoms with E-state index in [2.05, 4.69) is 0 Å². The summed E-state index contributed by atoms with van der Waals surface area (Å²) < 4.78 is 5.70. The van der Waals surface area contributed by atoms with Crippen molar-refractivity contribution in [2.24, 2.45) is 0 Å². The van der Waals surface area contributed by atoms with Crippen LogP contribution in [-0.4, -0.2) is 6.29 Å². The number of hydrogen-bond donors (Lipinski definition) is 0. The minimum atomic E-state index is 0.520. The number of carbonyl (C=O) groups is 1. The molecule has 0 N–H and O–H groups in total. The molecule has 0 aliphatic heterocycles. The molecule has 0 aliphatic rings. The summed E-state index contributed by atoms with van der Waals surface area (Å²) in [5, 5.41) is 0.606. The second-order valence-electron chi connectivity index (χ2n) is 3.67. The monoisotopic (exact) mass is 246 g/mol. The summed E-state index contributed by atoms with van der Waals surface area (Å²) in [6, 6.07) is 12.5. The van der Waals surface area contributed by atoms with Gasteiger partial charge in [-0.3, -0.25) is 4.79 Å². The number of aryl methyl sites for hydroxylation is 1. The molecule has 0 saturated heterocycles. The van der Waals surface area contributed by atoms with Crippen molar-refractivity contribution >= 4 is 17.9 Å². The summed E-state index contributed by atoms with van der Waals surface area (Å²) >= 11 is 5.91. The molecule has 0 fully saturated rings. The first-order chi connectivity index (χ1) is 8.20. The van der Waals surface area contributed by atoms with Gasteiger partial charge in [0.1, 0.15) is 11.5 Å². The van der Waals surface area contributed by atoms with Crippen molar-refractivity contribution < 1.29 is 9.53 Å². The first-order valence-electron chi connectivity index (χ1n) is 5.19. The van der Waals surface area contributed by atoms with Crippen LogP contribution in [0.1, 0.15) is 15.9 Å². The third kappa shape index (κ3) is 2.66. The predicted molar refractivity (Wildman–Crippen MR) is 68.1 cm³/mol. The van der Waals surface area contributed by atoms with E-state index in [4.69, 9.17) is 16.3 Å². The van der Waals surface area contributed by atoms with Crippen molar-refractivity contribution in [1.82, 2.24) is 0 Å². The van der Waals surface area contributed by atoms with Gasteiger partial charge in [-0.15, -0.1) is 0 Å². The molecule has 0 amide bonds. The second-order valence-corrected chi connectivity index (χ2v) is 4.10. The third-order valence-electron chi connectivity index (χ3n) is 2.42. The quantitative estimate of drug-likeness (QED) is 0.757. The van der Waals surface area contributed by atoms with Crippen LogP contribution in [0.5, 0.6) is 11.5 Å². The zero-order chi connectivity index (χ0) is 12.3. The lowest BCUT2D eigenvalue weighted by atomic mass is 10.2. The van der Waals surface area contributed by atoms with E-state index < -0.39 is 0 Å². The molecule has 0 radical (unpaired) electrons. The maximum absolute atomic E-state index is 10.9. The van der Waals surface area contributed by atoms with E-state index in [1.807, 2.05) is 19.1 Å². The van der Waals surface area contributed by atoms with Gasteiger partial charge in [-0.1, -0.05) is 29.8 Å². The fraction of sp³-hybridized carbons (Fsp3) is 0.0714. The van der Waals surface area contributed by atoms with E-state index in [1.54, 1.807) is 30.3 Å². The number of aldehydes is 1. The number of para-hydroxylation sites is 1. The molecule has 0 heterocycles. The second kappa shape index (κ2) is 5.02. The highest BCUT2D eigenvalue weighted by atomic mass is 35.5.